The van der Waals surface area contributed by atoms with Gasteiger partial charge in [0.05, 0.1) is 16.6 Å². The number of phenolic OH excluding ortho intramolecular Hbond substituents is 1. The van der Waals surface area contributed by atoms with Crippen molar-refractivity contribution in [1.29, 1.82) is 0 Å². The number of aryl methyl sites for hydroxylation is 1. The minimum Gasteiger partial charge on any atom is -0.507 e. The monoisotopic (exact) mass is 813 g/mol. The Morgan fingerprint density at radius 3 is 2.08 bits per heavy atom. The molecule has 0 aliphatic heterocycles. The van der Waals surface area contributed by atoms with Crippen LogP contribution in [0.1, 0.15) is 16.7 Å². The molecule has 0 radical (unpaired) electrons. The molecular formula is C44H32N3OPt-. The summed E-state index contributed by atoms with van der Waals surface area (Å²) < 4.78 is 2.13. The zero-order chi connectivity index (χ0) is 32.5. The molecule has 2 heterocycles. The maximum Gasteiger partial charge on any atom is 0.148 e. The van der Waals surface area contributed by atoms with Crippen LogP contribution >= 0.6 is 0 Å². The molecule has 0 saturated carbocycles. The Bertz CT molecular complexity index is 2390. The van der Waals surface area contributed by atoms with Gasteiger partial charge in [-0.25, -0.2) is 4.98 Å². The summed E-state index contributed by atoms with van der Waals surface area (Å²) in [4.78, 5) is 10.0. The number of rotatable bonds is 7. The molecule has 0 saturated heterocycles. The Morgan fingerprint density at radius 1 is 0.633 bits per heavy atom. The van der Waals surface area contributed by atoms with Gasteiger partial charge in [0.25, 0.3) is 0 Å². The molecule has 0 fully saturated rings. The van der Waals surface area contributed by atoms with Gasteiger partial charge >= 0.3 is 0 Å². The number of nitrogens with zero attached hydrogens (tertiary/aromatic N) is 3. The van der Waals surface area contributed by atoms with E-state index in [2.05, 4.69) is 115 Å². The molecule has 5 heteroatoms. The van der Waals surface area contributed by atoms with Crippen LogP contribution in [0.25, 0.3) is 61.6 Å². The Hall–Kier alpha value is -5.57. The molecule has 6 aromatic carbocycles. The van der Waals surface area contributed by atoms with E-state index in [4.69, 9.17) is 9.97 Å². The number of hydrogen-bond acceptors (Lipinski definition) is 3. The first-order valence-corrected chi connectivity index (χ1v) is 16.1. The largest absolute Gasteiger partial charge is 0.507 e. The Kier molecular flexibility index (Phi) is 9.07. The molecule has 0 amide bonds. The van der Waals surface area contributed by atoms with Crippen LogP contribution in [0.4, 0.5) is 0 Å². The van der Waals surface area contributed by atoms with Gasteiger partial charge in [0.1, 0.15) is 11.6 Å². The van der Waals surface area contributed by atoms with Gasteiger partial charge in [-0.3, -0.25) is 9.55 Å². The first-order chi connectivity index (χ1) is 23.6. The molecular weight excluding hydrogens is 782 g/mol. The van der Waals surface area contributed by atoms with Gasteiger partial charge in [-0.05, 0) is 71.5 Å². The van der Waals surface area contributed by atoms with Crippen LogP contribution in [0.2, 0.25) is 0 Å². The molecule has 0 spiro atoms. The zero-order valence-corrected chi connectivity index (χ0v) is 29.1. The second kappa shape index (κ2) is 13.9. The average molecular weight is 814 g/mol. The van der Waals surface area contributed by atoms with Gasteiger partial charge in [0.15, 0.2) is 0 Å². The van der Waals surface area contributed by atoms with Gasteiger partial charge in [0.2, 0.25) is 0 Å². The topological polar surface area (TPSA) is 50.9 Å². The zero-order valence-electron chi connectivity index (χ0n) is 26.8. The van der Waals surface area contributed by atoms with Crippen LogP contribution in [0, 0.1) is 13.0 Å². The van der Waals surface area contributed by atoms with Crippen LogP contribution in [0.3, 0.4) is 0 Å². The molecule has 8 aromatic rings. The number of aromatic nitrogens is 3. The second-order valence-electron chi connectivity index (χ2n) is 12.0. The SMILES string of the molecule is Cc1cnc(-c2[c-]c(-c3cccc4c3nc(-c3ccc(Cc5ccccc5)cc3O)n4-c3ccccc3)ccc2)cc1-c1ccccc1.[Pt]. The van der Waals surface area contributed by atoms with Gasteiger partial charge in [-0.2, -0.15) is 0 Å². The number of phenols is 1. The molecule has 0 unspecified atom stereocenters. The fourth-order valence-electron chi connectivity index (χ4n) is 6.42. The van der Waals surface area contributed by atoms with E-state index in [0.717, 1.165) is 67.8 Å². The molecule has 0 aliphatic rings. The number of aromatic hydroxyl groups is 1. The Morgan fingerprint density at radius 2 is 1.33 bits per heavy atom. The van der Waals surface area contributed by atoms with Crippen molar-refractivity contribution in [3.63, 3.8) is 0 Å². The average Bonchev–Trinajstić information content (AvgIpc) is 3.53. The van der Waals surface area contributed by atoms with E-state index < -0.39 is 0 Å². The third-order valence-corrected chi connectivity index (χ3v) is 8.80. The summed E-state index contributed by atoms with van der Waals surface area (Å²) in [5.41, 5.74) is 12.8. The number of benzene rings is 6. The molecule has 240 valence electrons. The normalized spacial score (nSPS) is 11.0. The van der Waals surface area contributed by atoms with Crippen LogP contribution in [0.15, 0.2) is 158 Å². The molecule has 1 N–H and O–H groups in total. The second-order valence-corrected chi connectivity index (χ2v) is 12.0. The fourth-order valence-corrected chi connectivity index (χ4v) is 6.42. The summed E-state index contributed by atoms with van der Waals surface area (Å²) in [6.07, 6.45) is 2.67. The summed E-state index contributed by atoms with van der Waals surface area (Å²) in [6, 6.07) is 55.0. The summed E-state index contributed by atoms with van der Waals surface area (Å²) >= 11 is 0. The first kappa shape index (κ1) is 32.0. The maximum atomic E-state index is 11.4. The predicted molar refractivity (Wildman–Crippen MR) is 195 cm³/mol. The Balaban J connectivity index is 0.00000378. The van der Waals surface area contributed by atoms with E-state index in [-0.39, 0.29) is 26.8 Å². The van der Waals surface area contributed by atoms with Gasteiger partial charge in [-0.1, -0.05) is 114 Å². The van der Waals surface area contributed by atoms with E-state index >= 15 is 0 Å². The van der Waals surface area contributed by atoms with Crippen molar-refractivity contribution in [2.45, 2.75) is 13.3 Å². The fraction of sp³-hybridized carbons (Fsp3) is 0.0455. The summed E-state index contributed by atoms with van der Waals surface area (Å²) in [7, 11) is 0. The molecule has 0 atom stereocenters. The molecule has 0 bridgehead atoms. The Labute approximate surface area is 300 Å². The van der Waals surface area contributed by atoms with Crippen molar-refractivity contribution in [2.24, 2.45) is 0 Å². The first-order valence-electron chi connectivity index (χ1n) is 16.1. The van der Waals surface area contributed by atoms with E-state index in [1.54, 1.807) is 0 Å². The number of hydrogen-bond donors (Lipinski definition) is 1. The molecule has 49 heavy (non-hydrogen) atoms. The molecule has 0 aliphatic carbocycles. The molecule has 4 nitrogen and oxygen atoms in total. The van der Waals surface area contributed by atoms with Crippen molar-refractivity contribution in [3.8, 4) is 56.3 Å². The van der Waals surface area contributed by atoms with Gasteiger partial charge in [0, 0.05) is 38.6 Å². The van der Waals surface area contributed by atoms with Gasteiger partial charge in [-0.15, -0.1) is 29.8 Å². The summed E-state index contributed by atoms with van der Waals surface area (Å²) in [5.74, 6) is 0.877. The van der Waals surface area contributed by atoms with E-state index in [1.165, 1.54) is 5.56 Å². The summed E-state index contributed by atoms with van der Waals surface area (Å²) in [6.45, 7) is 2.09. The van der Waals surface area contributed by atoms with Gasteiger partial charge < -0.3 is 5.11 Å². The maximum absolute atomic E-state index is 11.4. The van der Waals surface area contributed by atoms with Crippen LogP contribution < -0.4 is 0 Å². The van der Waals surface area contributed by atoms with Crippen molar-refractivity contribution in [2.75, 3.05) is 0 Å². The summed E-state index contributed by atoms with van der Waals surface area (Å²) in [5, 5.41) is 11.4. The number of pyridine rings is 1. The van der Waals surface area contributed by atoms with Crippen LogP contribution in [0.5, 0.6) is 5.75 Å². The van der Waals surface area contributed by atoms with Crippen molar-refractivity contribution in [3.05, 3.63) is 181 Å². The standard InChI is InChI=1S/C44H32N3O.Pt/c1-30-29-45-40(28-39(30)33-15-7-3-8-16-33)35-18-11-17-34(27-35)37-21-12-22-41-43(37)46-44(47(41)36-19-9-4-10-20-36)38-24-23-32(26-42(38)48)25-31-13-5-2-6-14-31;/h2-24,26,28-29,48H,25H2,1H3;/q-1;. The van der Waals surface area contributed by atoms with E-state index in [0.29, 0.717) is 11.4 Å². The number of fused-ring (bicyclic) bond motifs is 1. The quantitative estimate of drug-likeness (QED) is 0.163. The minimum absolute atomic E-state index is 0. The third-order valence-electron chi connectivity index (χ3n) is 8.80. The smallest absolute Gasteiger partial charge is 0.148 e. The van der Waals surface area contributed by atoms with Crippen molar-refractivity contribution in [1.82, 2.24) is 14.5 Å². The number of para-hydroxylation sites is 2. The third kappa shape index (κ3) is 6.36. The number of imidazole rings is 1. The molecule has 2 aromatic heterocycles. The van der Waals surface area contributed by atoms with Crippen LogP contribution in [-0.4, -0.2) is 19.6 Å². The van der Waals surface area contributed by atoms with Crippen molar-refractivity contribution >= 4 is 11.0 Å². The van der Waals surface area contributed by atoms with Crippen molar-refractivity contribution < 1.29 is 26.2 Å². The van der Waals surface area contributed by atoms with E-state index in [9.17, 15) is 5.11 Å². The van der Waals surface area contributed by atoms with Crippen LogP contribution in [-0.2, 0) is 27.5 Å². The predicted octanol–water partition coefficient (Wildman–Crippen LogP) is 10.5. The molecule has 8 rings (SSSR count). The minimum atomic E-state index is 0. The van der Waals surface area contributed by atoms with E-state index in [1.807, 2.05) is 60.8 Å².